The Morgan fingerprint density at radius 3 is 2.42 bits per heavy atom. The smallest absolute Gasteiger partial charge is 0.380 e. The molecule has 1 fully saturated rings. The van der Waals surface area contributed by atoms with Crippen LogP contribution in [0, 0.1) is 11.3 Å². The predicted octanol–water partition coefficient (Wildman–Crippen LogP) is 4.32. The summed E-state index contributed by atoms with van der Waals surface area (Å²) in [5.41, 5.74) is -0.927. The minimum atomic E-state index is -4.50. The average Bonchev–Trinajstić information content (AvgIpc) is 2.74. The van der Waals surface area contributed by atoms with Gasteiger partial charge in [0.25, 0.3) is 0 Å². The highest BCUT2D eigenvalue weighted by Crippen LogP contribution is 2.36. The van der Waals surface area contributed by atoms with E-state index >= 15 is 0 Å². The van der Waals surface area contributed by atoms with Crippen LogP contribution < -0.4 is 5.32 Å². The molecule has 0 heterocycles. The zero-order valence-corrected chi connectivity index (χ0v) is 10.6. The number of alkyl halides is 3. The van der Waals surface area contributed by atoms with Crippen LogP contribution in [0.25, 0.3) is 0 Å². The summed E-state index contributed by atoms with van der Waals surface area (Å²) >= 11 is 0. The van der Waals surface area contributed by atoms with Gasteiger partial charge in [-0.2, -0.15) is 18.4 Å². The zero-order valence-electron chi connectivity index (χ0n) is 10.6. The lowest BCUT2D eigenvalue weighted by atomic mass is 9.99. The summed E-state index contributed by atoms with van der Waals surface area (Å²) in [6, 6.07) is 5.38. The van der Waals surface area contributed by atoms with Crippen molar-refractivity contribution in [3.63, 3.8) is 0 Å². The van der Waals surface area contributed by atoms with Gasteiger partial charge in [-0.25, -0.2) is 0 Å². The van der Waals surface area contributed by atoms with Crippen LogP contribution in [0.15, 0.2) is 18.2 Å². The highest BCUT2D eigenvalue weighted by atomic mass is 19.4. The van der Waals surface area contributed by atoms with Crippen LogP contribution in [-0.4, -0.2) is 5.54 Å². The Morgan fingerprint density at radius 2 is 1.89 bits per heavy atom. The van der Waals surface area contributed by atoms with E-state index < -0.39 is 11.7 Å². The van der Waals surface area contributed by atoms with E-state index in [1.54, 1.807) is 6.07 Å². The number of hydrogen-bond acceptors (Lipinski definition) is 2. The van der Waals surface area contributed by atoms with Gasteiger partial charge in [-0.1, -0.05) is 12.8 Å². The standard InChI is InChI=1S/C14H15F3N2/c1-13(6-2-3-7-13)19-11-5-4-10(9-18)12(8-11)14(15,16)17/h4-5,8,19H,2-3,6-7H2,1H3. The topological polar surface area (TPSA) is 35.8 Å². The van der Waals surface area contributed by atoms with Gasteiger partial charge < -0.3 is 5.32 Å². The molecule has 0 saturated heterocycles. The van der Waals surface area contributed by atoms with E-state index in [2.05, 4.69) is 5.32 Å². The molecule has 1 aliphatic rings. The van der Waals surface area contributed by atoms with Crippen LogP contribution in [0.2, 0.25) is 0 Å². The van der Waals surface area contributed by atoms with Crippen molar-refractivity contribution in [1.82, 2.24) is 0 Å². The molecule has 2 rings (SSSR count). The molecule has 1 N–H and O–H groups in total. The molecule has 2 nitrogen and oxygen atoms in total. The first-order chi connectivity index (χ1) is 8.84. The van der Waals surface area contributed by atoms with Gasteiger partial charge in [0.05, 0.1) is 17.2 Å². The Balaban J connectivity index is 2.31. The fraction of sp³-hybridized carbons (Fsp3) is 0.500. The van der Waals surface area contributed by atoms with Crippen molar-refractivity contribution in [2.24, 2.45) is 0 Å². The molecule has 0 unspecified atom stereocenters. The van der Waals surface area contributed by atoms with Gasteiger partial charge in [-0.3, -0.25) is 0 Å². The Hall–Kier alpha value is -1.70. The molecule has 0 aromatic heterocycles. The fourth-order valence-corrected chi connectivity index (χ4v) is 2.58. The van der Waals surface area contributed by atoms with Crippen molar-refractivity contribution in [3.8, 4) is 6.07 Å². The summed E-state index contributed by atoms with van der Waals surface area (Å²) in [5.74, 6) is 0. The van der Waals surface area contributed by atoms with Crippen molar-refractivity contribution >= 4 is 5.69 Å². The van der Waals surface area contributed by atoms with Crippen molar-refractivity contribution in [3.05, 3.63) is 29.3 Å². The third kappa shape index (κ3) is 3.01. The molecule has 1 aliphatic carbocycles. The number of hydrogen-bond donors (Lipinski definition) is 1. The third-order valence-electron chi connectivity index (χ3n) is 3.60. The number of rotatable bonds is 2. The SMILES string of the molecule is CC1(Nc2ccc(C#N)c(C(F)(F)F)c2)CCCC1. The lowest BCUT2D eigenvalue weighted by Crippen LogP contribution is -2.30. The van der Waals surface area contributed by atoms with Crippen molar-refractivity contribution in [1.29, 1.82) is 5.26 Å². The van der Waals surface area contributed by atoms with Gasteiger partial charge in [0.15, 0.2) is 0 Å². The average molecular weight is 268 g/mol. The first-order valence-electron chi connectivity index (χ1n) is 6.24. The maximum Gasteiger partial charge on any atom is 0.417 e. The number of nitrogens with one attached hydrogen (secondary N) is 1. The third-order valence-corrected chi connectivity index (χ3v) is 3.60. The highest BCUT2D eigenvalue weighted by molar-refractivity contribution is 5.54. The normalized spacial score (nSPS) is 18.1. The summed E-state index contributed by atoms with van der Waals surface area (Å²) in [5, 5.41) is 11.9. The molecule has 5 heteroatoms. The van der Waals surface area contributed by atoms with Crippen molar-refractivity contribution < 1.29 is 13.2 Å². The molecule has 0 amide bonds. The van der Waals surface area contributed by atoms with E-state index in [1.807, 2.05) is 6.92 Å². The van der Waals surface area contributed by atoms with Crippen LogP contribution in [0.5, 0.6) is 0 Å². The second kappa shape index (κ2) is 4.76. The van der Waals surface area contributed by atoms with E-state index in [0.717, 1.165) is 31.7 Å². The van der Waals surface area contributed by atoms with Crippen LogP contribution in [-0.2, 0) is 6.18 Å². The van der Waals surface area contributed by atoms with Crippen molar-refractivity contribution in [2.75, 3.05) is 5.32 Å². The Bertz CT molecular complexity index is 508. The molecule has 0 aliphatic heterocycles. The van der Waals surface area contributed by atoms with Crippen LogP contribution in [0.3, 0.4) is 0 Å². The summed E-state index contributed by atoms with van der Waals surface area (Å²) in [6.45, 7) is 2.02. The minimum Gasteiger partial charge on any atom is -0.380 e. The molecule has 0 spiro atoms. The Labute approximate surface area is 110 Å². The summed E-state index contributed by atoms with van der Waals surface area (Å²) in [6.07, 6.45) is -0.417. The molecule has 0 radical (unpaired) electrons. The quantitative estimate of drug-likeness (QED) is 0.867. The minimum absolute atomic E-state index is 0.142. The first-order valence-corrected chi connectivity index (χ1v) is 6.24. The molecule has 19 heavy (non-hydrogen) atoms. The number of nitriles is 1. The number of anilines is 1. The van der Waals surface area contributed by atoms with E-state index in [-0.39, 0.29) is 11.1 Å². The van der Waals surface area contributed by atoms with Crippen LogP contribution in [0.4, 0.5) is 18.9 Å². The van der Waals surface area contributed by atoms with Crippen LogP contribution >= 0.6 is 0 Å². The highest BCUT2D eigenvalue weighted by Gasteiger charge is 2.35. The largest absolute Gasteiger partial charge is 0.417 e. The molecular formula is C14H15F3N2. The molecule has 102 valence electrons. The monoisotopic (exact) mass is 268 g/mol. The molecular weight excluding hydrogens is 253 g/mol. The predicted molar refractivity (Wildman–Crippen MR) is 66.7 cm³/mol. The number of nitrogens with zero attached hydrogens (tertiary/aromatic N) is 1. The summed E-state index contributed by atoms with van der Waals surface area (Å²) in [7, 11) is 0. The molecule has 1 aromatic rings. The van der Waals surface area contributed by atoms with Gasteiger partial charge in [-0.15, -0.1) is 0 Å². The number of benzene rings is 1. The second-order valence-electron chi connectivity index (χ2n) is 5.26. The number of halogens is 3. The Kier molecular flexibility index (Phi) is 3.44. The van der Waals surface area contributed by atoms with Gasteiger partial charge in [0.1, 0.15) is 0 Å². The fourth-order valence-electron chi connectivity index (χ4n) is 2.58. The molecule has 0 atom stereocenters. The van der Waals surface area contributed by atoms with Gasteiger partial charge >= 0.3 is 6.18 Å². The Morgan fingerprint density at radius 1 is 1.26 bits per heavy atom. The maximum atomic E-state index is 12.8. The summed E-state index contributed by atoms with van der Waals surface area (Å²) in [4.78, 5) is 0. The molecule has 1 aromatic carbocycles. The lowest BCUT2D eigenvalue weighted by Gasteiger charge is -2.27. The van der Waals surface area contributed by atoms with Gasteiger partial charge in [0, 0.05) is 11.2 Å². The maximum absolute atomic E-state index is 12.8. The lowest BCUT2D eigenvalue weighted by molar-refractivity contribution is -0.137. The van der Waals surface area contributed by atoms with Crippen molar-refractivity contribution in [2.45, 2.75) is 44.3 Å². The first kappa shape index (κ1) is 13.7. The zero-order chi connectivity index (χ0) is 14.1. The van der Waals surface area contributed by atoms with E-state index in [1.165, 1.54) is 12.1 Å². The van der Waals surface area contributed by atoms with E-state index in [0.29, 0.717) is 5.69 Å². The summed E-state index contributed by atoms with van der Waals surface area (Å²) < 4.78 is 38.5. The van der Waals surface area contributed by atoms with E-state index in [4.69, 9.17) is 5.26 Å². The van der Waals surface area contributed by atoms with Gasteiger partial charge in [-0.05, 0) is 38.0 Å². The van der Waals surface area contributed by atoms with Gasteiger partial charge in [0.2, 0.25) is 0 Å². The molecule has 1 saturated carbocycles. The van der Waals surface area contributed by atoms with E-state index in [9.17, 15) is 13.2 Å². The second-order valence-corrected chi connectivity index (χ2v) is 5.26. The molecule has 0 bridgehead atoms. The van der Waals surface area contributed by atoms with Crippen LogP contribution in [0.1, 0.15) is 43.7 Å².